The molecule has 0 aliphatic heterocycles. The molecule has 23 heavy (non-hydrogen) atoms. The third-order valence-corrected chi connectivity index (χ3v) is 4.49. The number of phenolic OH excluding ortho intramolecular Hbond substituents is 1. The van der Waals surface area contributed by atoms with Crippen LogP contribution in [0.15, 0.2) is 36.4 Å². The van der Waals surface area contributed by atoms with E-state index in [1.54, 1.807) is 24.3 Å². The fourth-order valence-corrected chi connectivity index (χ4v) is 2.88. The number of ketones is 1. The van der Waals surface area contributed by atoms with Gasteiger partial charge >= 0.3 is 0 Å². The maximum absolute atomic E-state index is 12.3. The van der Waals surface area contributed by atoms with E-state index in [-0.39, 0.29) is 16.9 Å². The molecule has 2 aromatic rings. The molecule has 3 nitrogen and oxygen atoms in total. The van der Waals surface area contributed by atoms with E-state index in [0.717, 1.165) is 29.7 Å². The first-order valence-corrected chi connectivity index (χ1v) is 7.83. The Morgan fingerprint density at radius 1 is 1.22 bits per heavy atom. The summed E-state index contributed by atoms with van der Waals surface area (Å²) in [5, 5.41) is 9.46. The first kappa shape index (κ1) is 15.3. The summed E-state index contributed by atoms with van der Waals surface area (Å²) in [5.74, 6) is 6.38. The lowest BCUT2D eigenvalue weighted by Crippen LogP contribution is -2.30. The monoisotopic (exact) mass is 305 g/mol. The summed E-state index contributed by atoms with van der Waals surface area (Å²) in [5.41, 5.74) is 2.97. The zero-order valence-corrected chi connectivity index (χ0v) is 13.4. The van der Waals surface area contributed by atoms with Crippen molar-refractivity contribution < 1.29 is 9.90 Å². The summed E-state index contributed by atoms with van der Waals surface area (Å²) in [4.78, 5) is 16.9. The second-order valence-electron chi connectivity index (χ2n) is 6.43. The lowest BCUT2D eigenvalue weighted by Gasteiger charge is -2.32. The molecule has 1 heterocycles. The Labute approximate surface area is 136 Å². The Kier molecular flexibility index (Phi) is 3.92. The van der Waals surface area contributed by atoms with Crippen molar-refractivity contribution in [3.8, 4) is 17.6 Å². The minimum absolute atomic E-state index is 0.00560. The Hall–Kier alpha value is -2.60. The van der Waals surface area contributed by atoms with Crippen LogP contribution >= 0.6 is 0 Å². The minimum atomic E-state index is -0.00560. The van der Waals surface area contributed by atoms with Crippen LogP contribution in [0.25, 0.3) is 0 Å². The quantitative estimate of drug-likeness (QED) is 0.817. The van der Waals surface area contributed by atoms with E-state index >= 15 is 0 Å². The number of aromatic nitrogens is 1. The molecular formula is C20H19NO2. The topological polar surface area (TPSA) is 50.2 Å². The van der Waals surface area contributed by atoms with Crippen LogP contribution in [0.2, 0.25) is 0 Å². The molecule has 1 aromatic heterocycles. The molecule has 3 rings (SSSR count). The van der Waals surface area contributed by atoms with Gasteiger partial charge in [0.25, 0.3) is 0 Å². The van der Waals surface area contributed by atoms with Crippen molar-refractivity contribution in [1.82, 2.24) is 4.98 Å². The Bertz CT molecular complexity index is 829. The van der Waals surface area contributed by atoms with Crippen LogP contribution in [0.4, 0.5) is 0 Å². The van der Waals surface area contributed by atoms with Gasteiger partial charge in [-0.15, -0.1) is 0 Å². The first-order valence-electron chi connectivity index (χ1n) is 7.83. The van der Waals surface area contributed by atoms with E-state index in [0.29, 0.717) is 12.1 Å². The Morgan fingerprint density at radius 2 is 2.04 bits per heavy atom. The van der Waals surface area contributed by atoms with Crippen molar-refractivity contribution >= 4 is 5.78 Å². The third kappa shape index (κ3) is 3.27. The van der Waals surface area contributed by atoms with Crippen LogP contribution in [0.3, 0.4) is 0 Å². The molecule has 0 amide bonds. The van der Waals surface area contributed by atoms with Gasteiger partial charge in [-0.05, 0) is 54.5 Å². The van der Waals surface area contributed by atoms with Crippen molar-refractivity contribution in [3.05, 3.63) is 58.9 Å². The number of carbonyl (C=O) groups is 1. The van der Waals surface area contributed by atoms with Gasteiger partial charge in [-0.2, -0.15) is 0 Å². The number of benzene rings is 1. The predicted molar refractivity (Wildman–Crippen MR) is 89.4 cm³/mol. The number of carbonyl (C=O) groups excluding carboxylic acids is 1. The molecule has 1 unspecified atom stereocenters. The second kappa shape index (κ2) is 5.89. The molecule has 1 atom stereocenters. The number of hydrogen-bond donors (Lipinski definition) is 1. The first-order chi connectivity index (χ1) is 11.0. The number of phenols is 1. The van der Waals surface area contributed by atoms with Crippen molar-refractivity contribution in [3.63, 3.8) is 0 Å². The number of fused-ring (bicyclic) bond motifs is 1. The van der Waals surface area contributed by atoms with E-state index in [2.05, 4.69) is 30.7 Å². The summed E-state index contributed by atoms with van der Waals surface area (Å²) in [6, 6.07) is 10.4. The number of pyridine rings is 1. The standard InChI is InChI=1S/C20H19NO2/c1-3-20(2)12-18-17(19(23)13-20)10-9-15(21-18)8-7-14-5-4-6-16(22)11-14/h4-6,9-11,22H,3,12-13H2,1-2H3. The van der Waals surface area contributed by atoms with Crippen molar-refractivity contribution in [1.29, 1.82) is 0 Å². The zero-order chi connectivity index (χ0) is 16.4. The molecular weight excluding hydrogens is 286 g/mol. The fraction of sp³-hybridized carbons (Fsp3) is 0.300. The van der Waals surface area contributed by atoms with Crippen LogP contribution in [0.5, 0.6) is 5.75 Å². The molecule has 3 heteroatoms. The van der Waals surface area contributed by atoms with Crippen LogP contribution in [0.1, 0.15) is 54.0 Å². The number of Topliss-reactive ketones (excluding diaryl/α,β-unsaturated/α-hetero) is 1. The summed E-state index contributed by atoms with van der Waals surface area (Å²) in [7, 11) is 0. The van der Waals surface area contributed by atoms with Crippen molar-refractivity contribution in [2.24, 2.45) is 5.41 Å². The Morgan fingerprint density at radius 3 is 2.78 bits per heavy atom. The molecule has 1 aliphatic rings. The van der Waals surface area contributed by atoms with Crippen LogP contribution < -0.4 is 0 Å². The molecule has 0 saturated heterocycles. The highest BCUT2D eigenvalue weighted by Gasteiger charge is 2.34. The van der Waals surface area contributed by atoms with E-state index in [9.17, 15) is 9.90 Å². The van der Waals surface area contributed by atoms with E-state index in [4.69, 9.17) is 0 Å². The van der Waals surface area contributed by atoms with Crippen LogP contribution in [0, 0.1) is 17.3 Å². The minimum Gasteiger partial charge on any atom is -0.508 e. The molecule has 1 N–H and O–H groups in total. The van der Waals surface area contributed by atoms with Gasteiger partial charge in [-0.1, -0.05) is 25.8 Å². The average Bonchev–Trinajstić information content (AvgIpc) is 2.52. The molecule has 0 radical (unpaired) electrons. The summed E-state index contributed by atoms with van der Waals surface area (Å²) in [6.45, 7) is 4.25. The molecule has 0 fully saturated rings. The fourth-order valence-electron chi connectivity index (χ4n) is 2.88. The average molecular weight is 305 g/mol. The van der Waals surface area contributed by atoms with E-state index < -0.39 is 0 Å². The second-order valence-corrected chi connectivity index (χ2v) is 6.43. The summed E-state index contributed by atoms with van der Waals surface area (Å²) in [6.07, 6.45) is 2.36. The van der Waals surface area contributed by atoms with Gasteiger partial charge < -0.3 is 5.11 Å². The number of aromatic hydroxyl groups is 1. The van der Waals surface area contributed by atoms with Crippen molar-refractivity contribution in [2.45, 2.75) is 33.1 Å². The Balaban J connectivity index is 1.93. The SMILES string of the molecule is CCC1(C)CC(=O)c2ccc(C#Cc3cccc(O)c3)nc2C1. The van der Waals surface area contributed by atoms with Crippen molar-refractivity contribution in [2.75, 3.05) is 0 Å². The van der Waals surface area contributed by atoms with Gasteiger partial charge in [0, 0.05) is 17.5 Å². The van der Waals surface area contributed by atoms with Gasteiger partial charge in [0.05, 0.1) is 5.69 Å². The lowest BCUT2D eigenvalue weighted by atomic mass is 9.72. The maximum Gasteiger partial charge on any atom is 0.165 e. The van der Waals surface area contributed by atoms with E-state index in [1.165, 1.54) is 0 Å². The predicted octanol–water partition coefficient (Wildman–Crippen LogP) is 3.73. The zero-order valence-electron chi connectivity index (χ0n) is 13.4. The van der Waals surface area contributed by atoms with Gasteiger partial charge in [-0.25, -0.2) is 4.98 Å². The summed E-state index contributed by atoms with van der Waals surface area (Å²) < 4.78 is 0. The number of rotatable bonds is 1. The van der Waals surface area contributed by atoms with E-state index in [1.807, 2.05) is 12.1 Å². The highest BCUT2D eigenvalue weighted by atomic mass is 16.3. The van der Waals surface area contributed by atoms with Gasteiger partial charge in [0.1, 0.15) is 11.4 Å². The van der Waals surface area contributed by atoms with Crippen LogP contribution in [-0.4, -0.2) is 15.9 Å². The smallest absolute Gasteiger partial charge is 0.165 e. The highest BCUT2D eigenvalue weighted by molar-refractivity contribution is 5.98. The molecule has 0 saturated carbocycles. The molecule has 116 valence electrons. The van der Waals surface area contributed by atoms with Crippen LogP contribution in [-0.2, 0) is 6.42 Å². The van der Waals surface area contributed by atoms with Gasteiger partial charge in [0.15, 0.2) is 5.78 Å². The lowest BCUT2D eigenvalue weighted by molar-refractivity contribution is 0.0892. The molecule has 1 aliphatic carbocycles. The summed E-state index contributed by atoms with van der Waals surface area (Å²) >= 11 is 0. The molecule has 0 spiro atoms. The maximum atomic E-state index is 12.3. The number of hydrogen-bond acceptors (Lipinski definition) is 3. The van der Waals surface area contributed by atoms with Gasteiger partial charge in [0.2, 0.25) is 0 Å². The molecule has 1 aromatic carbocycles. The number of nitrogens with zero attached hydrogens (tertiary/aromatic N) is 1. The normalized spacial score (nSPS) is 19.7. The largest absolute Gasteiger partial charge is 0.508 e. The van der Waals surface area contributed by atoms with Gasteiger partial charge in [-0.3, -0.25) is 4.79 Å². The highest BCUT2D eigenvalue weighted by Crippen LogP contribution is 2.36. The third-order valence-electron chi connectivity index (χ3n) is 4.49. The molecule has 0 bridgehead atoms.